The number of aliphatic hydroxyl groups is 1. The summed E-state index contributed by atoms with van der Waals surface area (Å²) >= 11 is 0. The van der Waals surface area contributed by atoms with Gasteiger partial charge in [0.15, 0.2) is 0 Å². The van der Waals surface area contributed by atoms with Crippen molar-refractivity contribution in [1.29, 1.82) is 0 Å². The maximum Gasteiger partial charge on any atom is 0.315 e. The van der Waals surface area contributed by atoms with Crippen LogP contribution in [0.25, 0.3) is 17.7 Å². The zero-order valence-electron chi connectivity index (χ0n) is 38.5. The Morgan fingerprint density at radius 3 is 2.35 bits per heavy atom. The number of aliphatic hydroxyl groups excluding tert-OH is 1. The lowest BCUT2D eigenvalue weighted by molar-refractivity contribution is -0.147. The van der Waals surface area contributed by atoms with E-state index in [2.05, 4.69) is 107 Å². The molecular weight excluding hydrogens is 749 g/mol. The summed E-state index contributed by atoms with van der Waals surface area (Å²) in [6, 6.07) is -0.345. The standard InChI is InChI=1S/C51H74N4O5/c1-12-28(4)17-15-18-29(5)19-16-20-30(6)23-24-60-44(56)22-21-37-33(9)40-25-38-31(7)35(13-2)42(52-38)26-39-32(8)36(14-3)43(53-39)27-41-34(10)45-49(55-41)46(48(37)54-40)47(50(45)57)51(58)59-11/h23,25-29,33,35,37,47-48,50,52-55,57H,12-22,24H2,1-11H3/b30-23-,40-25-,41-27-,42-26-/t28-,29+,33+,35-,37+,47-,48?,50+/m1/s1. The van der Waals surface area contributed by atoms with Gasteiger partial charge < -0.3 is 35.2 Å². The Hall–Kier alpha value is -4.24. The Bertz CT molecular complexity index is 2160. The lowest BCUT2D eigenvalue weighted by Gasteiger charge is -2.27. The second-order valence-electron chi connectivity index (χ2n) is 18.6. The fourth-order valence-corrected chi connectivity index (χ4v) is 10.5. The number of esters is 2. The number of aromatic nitrogens is 2. The zero-order valence-corrected chi connectivity index (χ0v) is 38.5. The van der Waals surface area contributed by atoms with Gasteiger partial charge >= 0.3 is 11.9 Å². The molecule has 5 heterocycles. The molecule has 0 radical (unpaired) electrons. The molecule has 60 heavy (non-hydrogen) atoms. The highest BCUT2D eigenvalue weighted by Crippen LogP contribution is 2.45. The Morgan fingerprint density at radius 1 is 0.917 bits per heavy atom. The Balaban J connectivity index is 1.28. The first-order valence-corrected chi connectivity index (χ1v) is 23.1. The van der Waals surface area contributed by atoms with E-state index in [1.165, 1.54) is 67.2 Å². The molecule has 1 saturated heterocycles. The highest BCUT2D eigenvalue weighted by atomic mass is 16.5. The molecule has 1 unspecified atom stereocenters. The van der Waals surface area contributed by atoms with Crippen LogP contribution < -0.4 is 21.3 Å². The van der Waals surface area contributed by atoms with E-state index in [9.17, 15) is 14.7 Å². The molecule has 2 aromatic heterocycles. The van der Waals surface area contributed by atoms with Gasteiger partial charge in [-0.05, 0) is 130 Å². The second kappa shape index (κ2) is 19.6. The zero-order chi connectivity index (χ0) is 43.4. The van der Waals surface area contributed by atoms with E-state index in [0.717, 1.165) is 87.7 Å². The molecule has 2 aromatic rings. The summed E-state index contributed by atoms with van der Waals surface area (Å²) in [5.74, 6) is 0.157. The van der Waals surface area contributed by atoms with E-state index < -0.39 is 18.0 Å². The fraction of sp³-hybridized carbons (Fsp3) is 0.608. The van der Waals surface area contributed by atoms with Crippen LogP contribution in [0, 0.1) is 49.4 Å². The van der Waals surface area contributed by atoms with Gasteiger partial charge in [-0.25, -0.2) is 0 Å². The number of allylic oxidation sites excluding steroid dienone is 4. The first-order valence-electron chi connectivity index (χ1n) is 23.1. The number of fused-ring (bicyclic) bond motifs is 8. The summed E-state index contributed by atoms with van der Waals surface area (Å²) in [6.07, 6.45) is 18.9. The van der Waals surface area contributed by atoms with Gasteiger partial charge in [0.1, 0.15) is 12.5 Å². The number of H-pyrrole nitrogens is 2. The summed E-state index contributed by atoms with van der Waals surface area (Å²) in [5.41, 5.74) is 12.8. The van der Waals surface area contributed by atoms with E-state index in [4.69, 9.17) is 9.47 Å². The predicted octanol–water partition coefficient (Wildman–Crippen LogP) is 9.00. The largest absolute Gasteiger partial charge is 0.468 e. The molecule has 0 amide bonds. The van der Waals surface area contributed by atoms with Crippen LogP contribution in [-0.4, -0.2) is 46.8 Å². The highest BCUT2D eigenvalue weighted by Gasteiger charge is 2.49. The quantitative estimate of drug-likeness (QED) is 0.0796. The number of rotatable bonds is 17. The van der Waals surface area contributed by atoms with Crippen LogP contribution in [0.15, 0.2) is 40.4 Å². The molecule has 1 aliphatic carbocycles. The van der Waals surface area contributed by atoms with Gasteiger partial charge in [0.2, 0.25) is 0 Å². The fourth-order valence-electron chi connectivity index (χ4n) is 10.5. The maximum atomic E-state index is 13.7. The van der Waals surface area contributed by atoms with Crippen molar-refractivity contribution in [1.82, 2.24) is 20.6 Å². The van der Waals surface area contributed by atoms with Gasteiger partial charge in [-0.2, -0.15) is 0 Å². The molecule has 328 valence electrons. The van der Waals surface area contributed by atoms with E-state index in [1.54, 1.807) is 0 Å². The van der Waals surface area contributed by atoms with Crippen molar-refractivity contribution in [2.45, 2.75) is 152 Å². The van der Waals surface area contributed by atoms with Crippen molar-refractivity contribution < 1.29 is 24.2 Å². The summed E-state index contributed by atoms with van der Waals surface area (Å²) in [4.78, 5) is 34.5. The number of hydrogen-bond acceptors (Lipinski definition) is 7. The summed E-state index contributed by atoms with van der Waals surface area (Å²) in [7, 11) is 1.38. The number of hydrogen-bond donors (Lipinski definition) is 5. The highest BCUT2D eigenvalue weighted by molar-refractivity contribution is 5.88. The smallest absolute Gasteiger partial charge is 0.315 e. The minimum atomic E-state index is -1.08. The topological polar surface area (TPSA) is 128 Å². The van der Waals surface area contributed by atoms with Gasteiger partial charge in [-0.3, -0.25) is 9.59 Å². The molecule has 4 aliphatic rings. The molecule has 8 bridgehead atoms. The Kier molecular flexibility index (Phi) is 14.8. The van der Waals surface area contributed by atoms with Crippen molar-refractivity contribution in [3.05, 3.63) is 84.7 Å². The average molecular weight is 823 g/mol. The number of aromatic amines is 2. The Labute approximate surface area is 359 Å². The van der Waals surface area contributed by atoms with Crippen LogP contribution in [0.4, 0.5) is 0 Å². The third-order valence-corrected chi connectivity index (χ3v) is 14.7. The van der Waals surface area contributed by atoms with E-state index in [1.807, 2.05) is 6.92 Å². The molecule has 6 rings (SSSR count). The number of methoxy groups -OCH3 is 1. The molecule has 1 fully saturated rings. The van der Waals surface area contributed by atoms with Crippen molar-refractivity contribution >= 4 is 29.7 Å². The molecule has 0 spiro atoms. The maximum absolute atomic E-state index is 13.7. The number of carbonyl (C=O) groups is 2. The Morgan fingerprint density at radius 2 is 1.65 bits per heavy atom. The van der Waals surface area contributed by atoms with Crippen LogP contribution in [0.3, 0.4) is 0 Å². The minimum Gasteiger partial charge on any atom is -0.468 e. The van der Waals surface area contributed by atoms with E-state index in [0.29, 0.717) is 6.42 Å². The normalized spacial score (nSPS) is 26.7. The second-order valence-corrected chi connectivity index (χ2v) is 18.6. The SMILES string of the molecule is CCc1c2[nH]c(c1C)/C=C1\NC(=C(C)[C@H]1CC)/C=C1\NC(C3=c4[nH]/c(c(C)c4[C@H](O)[C@@H]3C(=O)OC)=C\2)[C@@H](CCC(=O)OC/C=C(/C)CCC[C@@H](C)CCC[C@H](C)CC)[C@@H]1C. The van der Waals surface area contributed by atoms with Crippen LogP contribution in [0.2, 0.25) is 0 Å². The van der Waals surface area contributed by atoms with Gasteiger partial charge in [-0.15, -0.1) is 0 Å². The molecule has 9 heteroatoms. The van der Waals surface area contributed by atoms with Gasteiger partial charge in [0, 0.05) is 63.0 Å². The van der Waals surface area contributed by atoms with Gasteiger partial charge in [0.05, 0.1) is 19.3 Å². The van der Waals surface area contributed by atoms with Crippen LogP contribution in [-0.2, 0) is 25.5 Å². The first-order chi connectivity index (χ1) is 28.7. The van der Waals surface area contributed by atoms with Crippen LogP contribution >= 0.6 is 0 Å². The first kappa shape index (κ1) is 45.3. The van der Waals surface area contributed by atoms with Crippen molar-refractivity contribution in [2.75, 3.05) is 13.7 Å². The monoisotopic (exact) mass is 823 g/mol. The average Bonchev–Trinajstić information content (AvgIpc) is 3.97. The molecular formula is C51H74N4O5. The summed E-state index contributed by atoms with van der Waals surface area (Å²) in [5, 5.41) is 21.3. The third kappa shape index (κ3) is 9.31. The van der Waals surface area contributed by atoms with E-state index in [-0.39, 0.29) is 42.8 Å². The number of ether oxygens (including phenoxy) is 2. The van der Waals surface area contributed by atoms with Crippen LogP contribution in [0.1, 0.15) is 159 Å². The molecule has 0 aromatic carbocycles. The number of nitrogens with one attached hydrogen (secondary N) is 4. The predicted molar refractivity (Wildman–Crippen MR) is 243 cm³/mol. The van der Waals surface area contributed by atoms with Gasteiger partial charge in [0.25, 0.3) is 0 Å². The minimum absolute atomic E-state index is 0.0160. The summed E-state index contributed by atoms with van der Waals surface area (Å²) in [6.45, 7) is 22.4. The molecule has 9 nitrogen and oxygen atoms in total. The van der Waals surface area contributed by atoms with Gasteiger partial charge in [-0.1, -0.05) is 79.2 Å². The van der Waals surface area contributed by atoms with Crippen LogP contribution in [0.5, 0.6) is 0 Å². The molecule has 8 atom stereocenters. The third-order valence-electron chi connectivity index (χ3n) is 14.7. The molecule has 0 saturated carbocycles. The summed E-state index contributed by atoms with van der Waals surface area (Å²) < 4.78 is 11.2. The molecule has 5 N–H and O–H groups in total. The lowest BCUT2D eigenvalue weighted by Crippen LogP contribution is -2.37. The van der Waals surface area contributed by atoms with Crippen molar-refractivity contribution in [3.8, 4) is 0 Å². The number of carbonyl (C=O) groups excluding carboxylic acids is 2. The van der Waals surface area contributed by atoms with Crippen molar-refractivity contribution in [2.24, 2.45) is 35.5 Å². The lowest BCUT2D eigenvalue weighted by atomic mass is 9.80. The van der Waals surface area contributed by atoms with Crippen molar-refractivity contribution in [3.63, 3.8) is 0 Å². The van der Waals surface area contributed by atoms with E-state index >= 15 is 0 Å². The molecule has 3 aliphatic heterocycles.